The van der Waals surface area contributed by atoms with Crippen LogP contribution in [0.1, 0.15) is 12.8 Å². The molecule has 0 aliphatic carbocycles. The van der Waals surface area contributed by atoms with Gasteiger partial charge in [-0.05, 0) is 24.8 Å². The van der Waals surface area contributed by atoms with Crippen LogP contribution in [0.2, 0.25) is 0 Å². The highest BCUT2D eigenvalue weighted by molar-refractivity contribution is 5.36. The van der Waals surface area contributed by atoms with Gasteiger partial charge in [0.05, 0.1) is 6.33 Å². The first-order valence-corrected chi connectivity index (χ1v) is 6.84. The van der Waals surface area contributed by atoms with Crippen molar-refractivity contribution in [3.63, 3.8) is 0 Å². The second-order valence-corrected chi connectivity index (χ2v) is 5.07. The highest BCUT2D eigenvalue weighted by Crippen LogP contribution is 2.22. The third-order valence-corrected chi connectivity index (χ3v) is 3.75. The van der Waals surface area contributed by atoms with Crippen molar-refractivity contribution in [2.45, 2.75) is 19.4 Å². The van der Waals surface area contributed by atoms with Gasteiger partial charge in [0, 0.05) is 38.1 Å². The summed E-state index contributed by atoms with van der Waals surface area (Å²) in [6, 6.07) is 3.45. The molecule has 0 bridgehead atoms. The molecular weight excluding hydrogens is 254 g/mol. The van der Waals surface area contributed by atoms with Crippen LogP contribution in [0.3, 0.4) is 0 Å². The fourth-order valence-corrected chi connectivity index (χ4v) is 2.61. The number of anilines is 1. The Hall–Kier alpha value is -2.24. The van der Waals surface area contributed by atoms with E-state index >= 15 is 0 Å². The number of nitrogens with zero attached hydrogens (tertiary/aromatic N) is 5. The second-order valence-electron chi connectivity index (χ2n) is 5.07. The monoisotopic (exact) mass is 271 g/mol. The number of rotatable bonds is 3. The molecule has 1 aliphatic heterocycles. The summed E-state index contributed by atoms with van der Waals surface area (Å²) in [4.78, 5) is 26.2. The van der Waals surface area contributed by atoms with E-state index in [-0.39, 0.29) is 5.56 Å². The van der Waals surface area contributed by atoms with Crippen LogP contribution in [0.15, 0.2) is 42.0 Å². The smallest absolute Gasteiger partial charge is 0.253 e. The normalized spacial score (nSPS) is 16.3. The highest BCUT2D eigenvalue weighted by atomic mass is 16.1. The summed E-state index contributed by atoms with van der Waals surface area (Å²) in [6.45, 7) is 2.69. The molecule has 1 fully saturated rings. The van der Waals surface area contributed by atoms with E-state index in [1.165, 1.54) is 12.3 Å². The topological polar surface area (TPSA) is 63.9 Å². The van der Waals surface area contributed by atoms with E-state index in [2.05, 4.69) is 19.9 Å². The maximum atomic E-state index is 11.7. The quantitative estimate of drug-likeness (QED) is 0.831. The molecule has 0 unspecified atom stereocenters. The Morgan fingerprint density at radius 1 is 1.15 bits per heavy atom. The van der Waals surface area contributed by atoms with Crippen LogP contribution in [0.5, 0.6) is 0 Å². The molecule has 3 rings (SSSR count). The first-order chi connectivity index (χ1) is 9.83. The average molecular weight is 271 g/mol. The molecule has 2 aromatic rings. The Kier molecular flexibility index (Phi) is 3.71. The van der Waals surface area contributed by atoms with Crippen molar-refractivity contribution in [2.24, 2.45) is 5.92 Å². The number of aromatic nitrogens is 4. The summed E-state index contributed by atoms with van der Waals surface area (Å²) < 4.78 is 1.70. The zero-order chi connectivity index (χ0) is 13.8. The van der Waals surface area contributed by atoms with E-state index in [1.807, 2.05) is 6.07 Å². The van der Waals surface area contributed by atoms with E-state index in [0.29, 0.717) is 5.92 Å². The Balaban J connectivity index is 1.59. The lowest BCUT2D eigenvalue weighted by Gasteiger charge is -2.32. The summed E-state index contributed by atoms with van der Waals surface area (Å²) in [5.41, 5.74) is 0.0261. The van der Waals surface area contributed by atoms with Crippen molar-refractivity contribution in [3.8, 4) is 0 Å². The summed E-state index contributed by atoms with van der Waals surface area (Å²) >= 11 is 0. The lowest BCUT2D eigenvalue weighted by Crippen LogP contribution is -2.36. The third-order valence-electron chi connectivity index (χ3n) is 3.75. The molecule has 0 atom stereocenters. The Morgan fingerprint density at radius 3 is 2.65 bits per heavy atom. The van der Waals surface area contributed by atoms with Crippen LogP contribution in [0.25, 0.3) is 0 Å². The zero-order valence-electron chi connectivity index (χ0n) is 11.2. The maximum Gasteiger partial charge on any atom is 0.253 e. The van der Waals surface area contributed by atoms with Gasteiger partial charge in [-0.2, -0.15) is 0 Å². The molecule has 0 spiro atoms. The van der Waals surface area contributed by atoms with Crippen molar-refractivity contribution in [1.29, 1.82) is 0 Å². The van der Waals surface area contributed by atoms with Gasteiger partial charge in [-0.25, -0.2) is 15.0 Å². The van der Waals surface area contributed by atoms with Gasteiger partial charge < -0.3 is 4.90 Å². The van der Waals surface area contributed by atoms with Crippen LogP contribution in [0.4, 0.5) is 5.82 Å². The summed E-state index contributed by atoms with van der Waals surface area (Å²) in [5, 5.41) is 0. The molecule has 0 aromatic carbocycles. The largest absolute Gasteiger partial charge is 0.357 e. The molecule has 0 saturated carbocycles. The fraction of sp³-hybridized carbons (Fsp3) is 0.429. The van der Waals surface area contributed by atoms with Gasteiger partial charge in [0.25, 0.3) is 5.56 Å². The van der Waals surface area contributed by atoms with Crippen LogP contribution < -0.4 is 10.5 Å². The summed E-state index contributed by atoms with van der Waals surface area (Å²) in [5.74, 6) is 1.51. The molecule has 20 heavy (non-hydrogen) atoms. The lowest BCUT2D eigenvalue weighted by molar-refractivity contribution is 0.350. The highest BCUT2D eigenvalue weighted by Gasteiger charge is 2.20. The van der Waals surface area contributed by atoms with Crippen molar-refractivity contribution < 1.29 is 0 Å². The second kappa shape index (κ2) is 5.81. The minimum Gasteiger partial charge on any atom is -0.357 e. The molecule has 0 amide bonds. The zero-order valence-corrected chi connectivity index (χ0v) is 11.2. The Morgan fingerprint density at radius 2 is 1.95 bits per heavy atom. The number of hydrogen-bond acceptors (Lipinski definition) is 5. The molecule has 1 saturated heterocycles. The molecule has 6 heteroatoms. The third kappa shape index (κ3) is 2.84. The molecule has 3 heterocycles. The SMILES string of the molecule is O=c1ccncn1CC1CCN(c2ccncn2)CC1. The van der Waals surface area contributed by atoms with Crippen molar-refractivity contribution in [2.75, 3.05) is 18.0 Å². The average Bonchev–Trinajstić information content (AvgIpc) is 2.51. The van der Waals surface area contributed by atoms with E-state index in [9.17, 15) is 4.79 Å². The lowest BCUT2D eigenvalue weighted by atomic mass is 9.96. The molecule has 104 valence electrons. The molecular formula is C14H17N5O. The number of piperidine rings is 1. The maximum absolute atomic E-state index is 11.7. The van der Waals surface area contributed by atoms with E-state index < -0.39 is 0 Å². The minimum absolute atomic E-state index is 0.0261. The van der Waals surface area contributed by atoms with E-state index in [4.69, 9.17) is 0 Å². The van der Waals surface area contributed by atoms with Crippen LogP contribution in [-0.4, -0.2) is 32.6 Å². The predicted octanol–water partition coefficient (Wildman–Crippen LogP) is 0.950. The van der Waals surface area contributed by atoms with E-state index in [1.54, 1.807) is 23.4 Å². The first kappa shape index (κ1) is 12.8. The molecule has 1 aliphatic rings. The molecule has 0 N–H and O–H groups in total. The Bertz CT molecular complexity index is 604. The molecule has 0 radical (unpaired) electrons. The summed E-state index contributed by atoms with van der Waals surface area (Å²) in [6.07, 6.45) is 8.63. The van der Waals surface area contributed by atoms with Crippen molar-refractivity contribution in [1.82, 2.24) is 19.5 Å². The van der Waals surface area contributed by atoms with Crippen LogP contribution in [0, 0.1) is 5.92 Å². The summed E-state index contributed by atoms with van der Waals surface area (Å²) in [7, 11) is 0. The molecule has 6 nitrogen and oxygen atoms in total. The van der Waals surface area contributed by atoms with Gasteiger partial charge in [0.1, 0.15) is 12.1 Å². The van der Waals surface area contributed by atoms with Crippen LogP contribution >= 0.6 is 0 Å². The standard InChI is InChI=1S/C14H17N5O/c20-14-2-6-16-11-19(14)9-12-3-7-18(8-4-12)13-1-5-15-10-17-13/h1-2,5-6,10-12H,3-4,7-9H2. The van der Waals surface area contributed by atoms with Gasteiger partial charge in [-0.3, -0.25) is 9.36 Å². The van der Waals surface area contributed by atoms with Gasteiger partial charge in [-0.1, -0.05) is 0 Å². The first-order valence-electron chi connectivity index (χ1n) is 6.84. The van der Waals surface area contributed by atoms with Crippen molar-refractivity contribution in [3.05, 3.63) is 47.5 Å². The van der Waals surface area contributed by atoms with Gasteiger partial charge in [0.2, 0.25) is 0 Å². The van der Waals surface area contributed by atoms with Crippen LogP contribution in [-0.2, 0) is 6.54 Å². The predicted molar refractivity (Wildman–Crippen MR) is 75.5 cm³/mol. The Labute approximate surface area is 117 Å². The van der Waals surface area contributed by atoms with Crippen molar-refractivity contribution >= 4 is 5.82 Å². The van der Waals surface area contributed by atoms with Gasteiger partial charge in [-0.15, -0.1) is 0 Å². The number of hydrogen-bond donors (Lipinski definition) is 0. The fourth-order valence-electron chi connectivity index (χ4n) is 2.61. The molecule has 2 aromatic heterocycles. The van der Waals surface area contributed by atoms with Gasteiger partial charge in [0.15, 0.2) is 0 Å². The minimum atomic E-state index is 0.0261. The van der Waals surface area contributed by atoms with E-state index in [0.717, 1.165) is 38.3 Å². The van der Waals surface area contributed by atoms with Gasteiger partial charge >= 0.3 is 0 Å².